The van der Waals surface area contributed by atoms with Gasteiger partial charge in [0.25, 0.3) is 0 Å². The van der Waals surface area contributed by atoms with E-state index in [0.29, 0.717) is 39.3 Å². The topological polar surface area (TPSA) is 140 Å². The van der Waals surface area contributed by atoms with Gasteiger partial charge in [-0.25, -0.2) is 4.90 Å². The Balaban J connectivity index is 1.01. The molecule has 12 nitrogen and oxygen atoms in total. The summed E-state index contributed by atoms with van der Waals surface area (Å²) in [5, 5.41) is 18.4. The number of methoxy groups -OCH3 is 2. The smallest absolute Gasteiger partial charge is 0.242 e. The zero-order valence-corrected chi connectivity index (χ0v) is 38.8. The summed E-state index contributed by atoms with van der Waals surface area (Å²) >= 11 is 7.92. The normalized spacial score (nSPS) is 23.7. The molecule has 4 aromatic carbocycles. The second-order valence-corrected chi connectivity index (χ2v) is 19.0. The first-order valence-electron chi connectivity index (χ1n) is 21.9. The van der Waals surface area contributed by atoms with Gasteiger partial charge in [0.15, 0.2) is 11.5 Å². The molecule has 336 valence electrons. The van der Waals surface area contributed by atoms with E-state index in [2.05, 4.69) is 0 Å². The molecule has 2 saturated heterocycles. The summed E-state index contributed by atoms with van der Waals surface area (Å²) in [4.78, 5) is 63.2. The van der Waals surface area contributed by atoms with Gasteiger partial charge in [-0.15, -0.1) is 11.3 Å². The Bertz CT molecular complexity index is 3080. The average Bonchev–Trinajstić information content (AvgIpc) is 3.99. The molecule has 0 radical (unpaired) electrons. The quantitative estimate of drug-likeness (QED) is 0.0808. The first kappa shape index (κ1) is 43.2. The molecule has 1 saturated carbocycles. The van der Waals surface area contributed by atoms with Crippen LogP contribution in [0.5, 0.6) is 23.0 Å². The van der Waals surface area contributed by atoms with Crippen LogP contribution in [0, 0.1) is 36.0 Å². The third kappa shape index (κ3) is 6.57. The molecule has 2 aliphatic carbocycles. The molecule has 2 aromatic heterocycles. The molecular weight excluding hydrogens is 876 g/mol. The van der Waals surface area contributed by atoms with Gasteiger partial charge in [-0.3, -0.25) is 28.8 Å². The molecule has 4 amide bonds. The van der Waals surface area contributed by atoms with Crippen molar-refractivity contribution in [3.05, 3.63) is 124 Å². The Morgan fingerprint density at radius 1 is 0.894 bits per heavy atom. The number of carbonyl (C=O) groups is 4. The van der Waals surface area contributed by atoms with Gasteiger partial charge < -0.3 is 19.3 Å². The molecule has 10 rings (SSSR count). The van der Waals surface area contributed by atoms with Crippen LogP contribution in [-0.2, 0) is 26.2 Å². The number of rotatable bonds is 10. The minimum atomic E-state index is -1.40. The van der Waals surface area contributed by atoms with Crippen molar-refractivity contribution in [3.8, 4) is 33.6 Å². The summed E-state index contributed by atoms with van der Waals surface area (Å²) in [6, 6.07) is 25.4. The molecule has 14 heteroatoms. The molecule has 6 atom stereocenters. The second-order valence-electron chi connectivity index (χ2n) is 17.5. The molecule has 4 heterocycles. The Labute approximate surface area is 390 Å². The van der Waals surface area contributed by atoms with Crippen molar-refractivity contribution in [2.75, 3.05) is 30.6 Å². The lowest BCUT2D eigenvalue weighted by molar-refractivity contribution is -0.131. The van der Waals surface area contributed by atoms with E-state index in [4.69, 9.17) is 30.9 Å². The number of amides is 4. The number of hydrogen-bond donors (Lipinski definition) is 1. The average molecular weight is 923 g/mol. The first-order chi connectivity index (χ1) is 31.8. The number of anilines is 2. The molecule has 0 spiro atoms. The maximum atomic E-state index is 15.4. The number of phenolic OH excluding ortho intramolecular Hbond substituents is 1. The van der Waals surface area contributed by atoms with Crippen molar-refractivity contribution in [2.45, 2.75) is 39.5 Å². The van der Waals surface area contributed by atoms with E-state index in [1.54, 1.807) is 80.6 Å². The summed E-state index contributed by atoms with van der Waals surface area (Å²) in [7, 11) is 4.92. The lowest BCUT2D eigenvalue weighted by Crippen LogP contribution is -2.49. The minimum absolute atomic E-state index is 0.135. The van der Waals surface area contributed by atoms with Gasteiger partial charge >= 0.3 is 0 Å². The number of phenols is 1. The fraction of sp³-hybridized carbons (Fsp3) is 0.288. The minimum Gasteiger partial charge on any atom is -0.504 e. The fourth-order valence-corrected chi connectivity index (χ4v) is 12.3. The van der Waals surface area contributed by atoms with Crippen molar-refractivity contribution in [3.63, 3.8) is 0 Å². The molecule has 3 fully saturated rings. The van der Waals surface area contributed by atoms with Crippen molar-refractivity contribution < 1.29 is 38.5 Å². The van der Waals surface area contributed by atoms with Crippen LogP contribution in [0.1, 0.15) is 54.9 Å². The summed E-state index contributed by atoms with van der Waals surface area (Å²) in [5.74, 6) is -3.55. The number of fused-ring (bicyclic) bond motifs is 5. The Morgan fingerprint density at radius 2 is 1.68 bits per heavy atom. The number of thiophene rings is 1. The molecule has 0 bridgehead atoms. The summed E-state index contributed by atoms with van der Waals surface area (Å²) in [6.45, 7) is 5.90. The highest BCUT2D eigenvalue weighted by atomic mass is 35.5. The van der Waals surface area contributed by atoms with Crippen molar-refractivity contribution in [1.29, 1.82) is 0 Å². The third-order valence-corrected chi connectivity index (χ3v) is 15.7. The highest BCUT2D eigenvalue weighted by molar-refractivity contribution is 7.22. The molecule has 6 unspecified atom stereocenters. The predicted molar refractivity (Wildman–Crippen MR) is 255 cm³/mol. The van der Waals surface area contributed by atoms with Gasteiger partial charge in [-0.2, -0.15) is 5.10 Å². The van der Waals surface area contributed by atoms with Crippen LogP contribution >= 0.6 is 22.9 Å². The molecule has 66 heavy (non-hydrogen) atoms. The van der Waals surface area contributed by atoms with Gasteiger partial charge in [0, 0.05) is 39.9 Å². The van der Waals surface area contributed by atoms with Crippen LogP contribution in [0.2, 0.25) is 5.02 Å². The van der Waals surface area contributed by atoms with Gasteiger partial charge in [0.1, 0.15) is 23.0 Å². The Hall–Kier alpha value is -6.70. The number of hydrogen-bond acceptors (Lipinski definition) is 10. The van der Waals surface area contributed by atoms with Crippen molar-refractivity contribution >= 4 is 80.3 Å². The maximum Gasteiger partial charge on any atom is 0.242 e. The molecule has 4 aliphatic rings. The number of aromatic nitrogens is 2. The van der Waals surface area contributed by atoms with Crippen LogP contribution < -0.4 is 24.0 Å². The van der Waals surface area contributed by atoms with E-state index in [0.717, 1.165) is 37.2 Å². The third-order valence-electron chi connectivity index (χ3n) is 14.2. The second kappa shape index (κ2) is 16.3. The van der Waals surface area contributed by atoms with Gasteiger partial charge in [-0.1, -0.05) is 59.7 Å². The standard InChI is InChI=1S/C52H47ClN4O8S/c1-7-65-41-10-8-9-35(46(41)58)45-33-19-20-34-44(50(61)56(48(34)59)31-16-12-28(13-17-31)11-14-29-23-32(63-5)18-21-40(29)64-6)37(33)25-38-49(60)57(51(62)52(38,45)3)43-26-39(54-55(43)4)47-27(2)36-24-30(53)15-22-42(36)66-47/h8-19,21-24,26,34,37-38,44-45,58H,7,20,25H2,1-6H3. The summed E-state index contributed by atoms with van der Waals surface area (Å²) in [5.41, 5.74) is 3.47. The zero-order valence-electron chi connectivity index (χ0n) is 37.2. The number of aryl methyl sites for hydroxylation is 2. The highest BCUT2D eigenvalue weighted by Crippen LogP contribution is 2.65. The van der Waals surface area contributed by atoms with E-state index in [1.165, 1.54) is 9.80 Å². The number of aromatic hydroxyl groups is 1. The SMILES string of the molecule is CCOc1cccc(C2C3=CCC4C(=O)N(c5ccc(C=Cc6cc(OC)ccc6OC)cc5)C(=O)C4C3CC3C(=O)N(c4cc(-c5sc6ccc(Cl)cc6c5C)nn4C)C(=O)C32C)c1O. The molecule has 1 N–H and O–H groups in total. The number of nitrogens with zero attached hydrogens (tertiary/aromatic N) is 4. The fourth-order valence-electron chi connectivity index (χ4n) is 11.0. The Morgan fingerprint density at radius 3 is 2.42 bits per heavy atom. The predicted octanol–water partition coefficient (Wildman–Crippen LogP) is 9.99. The summed E-state index contributed by atoms with van der Waals surface area (Å²) < 4.78 is 19.4. The number of para-hydroxylation sites is 1. The number of allylic oxidation sites excluding steroid dienone is 2. The van der Waals surface area contributed by atoms with Crippen molar-refractivity contribution in [1.82, 2.24) is 9.78 Å². The lowest BCUT2D eigenvalue weighted by atomic mass is 9.51. The number of imide groups is 2. The van der Waals surface area contributed by atoms with E-state index >= 15 is 9.59 Å². The van der Waals surface area contributed by atoms with Gasteiger partial charge in [0.2, 0.25) is 23.6 Å². The monoisotopic (exact) mass is 922 g/mol. The summed E-state index contributed by atoms with van der Waals surface area (Å²) in [6.07, 6.45) is 6.20. The molecular formula is C52H47ClN4O8S. The number of ether oxygens (including phenoxy) is 3. The van der Waals surface area contributed by atoms with Gasteiger partial charge in [0.05, 0.1) is 54.6 Å². The Kier molecular flexibility index (Phi) is 10.7. The van der Waals surface area contributed by atoms with E-state index in [9.17, 15) is 14.7 Å². The van der Waals surface area contributed by atoms with Crippen LogP contribution in [-0.4, -0.2) is 59.3 Å². The highest BCUT2D eigenvalue weighted by Gasteiger charge is 2.68. The van der Waals surface area contributed by atoms with Crippen LogP contribution in [0.3, 0.4) is 0 Å². The number of carbonyl (C=O) groups excluding carboxylic acids is 4. The van der Waals surface area contributed by atoms with E-state index < -0.39 is 46.8 Å². The molecule has 2 aliphatic heterocycles. The van der Waals surface area contributed by atoms with E-state index in [1.807, 2.05) is 80.6 Å². The van der Waals surface area contributed by atoms with Crippen LogP contribution in [0.15, 0.2) is 96.6 Å². The maximum absolute atomic E-state index is 15.4. The number of halogens is 1. The van der Waals surface area contributed by atoms with Crippen molar-refractivity contribution in [2.24, 2.45) is 36.1 Å². The van der Waals surface area contributed by atoms with Crippen LogP contribution in [0.25, 0.3) is 32.8 Å². The molecule has 6 aromatic rings. The van der Waals surface area contributed by atoms with Gasteiger partial charge in [-0.05, 0) is 111 Å². The van der Waals surface area contributed by atoms with E-state index in [-0.39, 0.29) is 42.8 Å². The largest absolute Gasteiger partial charge is 0.504 e. The number of benzene rings is 4. The van der Waals surface area contributed by atoms with Crippen LogP contribution in [0.4, 0.5) is 11.5 Å². The first-order valence-corrected chi connectivity index (χ1v) is 23.1. The zero-order chi connectivity index (χ0) is 46.3. The lowest BCUT2D eigenvalue weighted by Gasteiger charge is -2.49.